The number of carboxylic acids is 1. The van der Waals surface area contributed by atoms with Gasteiger partial charge in [-0.05, 0) is 59.2 Å². The minimum Gasteiger partial charge on any atom is -0.494 e. The first kappa shape index (κ1) is 23.3. The number of alkyl halides is 5. The SMILES string of the molecule is O=C(O)c1cccc(NCc2ccc3cc(OCCCC(F)(F)C(F)(F)F)ccc3c2)c1. The molecule has 0 bridgehead atoms. The summed E-state index contributed by atoms with van der Waals surface area (Å²) in [5.41, 5.74) is 1.80. The molecule has 0 aromatic heterocycles. The standard InChI is InChI=1S/C23H20F5NO3/c24-22(25,23(26,27)28)9-2-10-32-20-8-7-16-11-15(5-6-17(16)13-20)14-29-19-4-1-3-18(12-19)21(30)31/h1,3-8,11-13,29H,2,9-10,14H2,(H,30,31). The zero-order valence-electron chi connectivity index (χ0n) is 16.8. The van der Waals surface area contributed by atoms with Crippen LogP contribution in [0.25, 0.3) is 10.8 Å². The number of hydrogen-bond acceptors (Lipinski definition) is 3. The van der Waals surface area contributed by atoms with Crippen molar-refractivity contribution in [2.24, 2.45) is 0 Å². The van der Waals surface area contributed by atoms with Crippen LogP contribution < -0.4 is 10.1 Å². The molecule has 0 heterocycles. The van der Waals surface area contributed by atoms with Crippen molar-refractivity contribution in [2.75, 3.05) is 11.9 Å². The molecule has 3 aromatic rings. The van der Waals surface area contributed by atoms with Gasteiger partial charge < -0.3 is 15.2 Å². The Labute approximate surface area is 180 Å². The van der Waals surface area contributed by atoms with Crippen LogP contribution in [0.15, 0.2) is 60.7 Å². The van der Waals surface area contributed by atoms with Crippen molar-refractivity contribution in [3.8, 4) is 5.75 Å². The van der Waals surface area contributed by atoms with Gasteiger partial charge in [0.15, 0.2) is 0 Å². The van der Waals surface area contributed by atoms with Crippen LogP contribution in [0.5, 0.6) is 5.75 Å². The summed E-state index contributed by atoms with van der Waals surface area (Å²) >= 11 is 0. The fraction of sp³-hybridized carbons (Fsp3) is 0.261. The van der Waals surface area contributed by atoms with E-state index in [4.69, 9.17) is 9.84 Å². The lowest BCUT2D eigenvalue weighted by Crippen LogP contribution is -2.36. The molecule has 3 aromatic carbocycles. The summed E-state index contributed by atoms with van der Waals surface area (Å²) in [7, 11) is 0. The van der Waals surface area contributed by atoms with Gasteiger partial charge in [-0.15, -0.1) is 0 Å². The van der Waals surface area contributed by atoms with Crippen molar-refractivity contribution < 1.29 is 36.6 Å². The predicted octanol–water partition coefficient (Wildman–Crippen LogP) is 6.51. The van der Waals surface area contributed by atoms with E-state index in [1.165, 1.54) is 12.1 Å². The van der Waals surface area contributed by atoms with Gasteiger partial charge in [0, 0.05) is 18.7 Å². The first-order valence-corrected chi connectivity index (χ1v) is 9.72. The highest BCUT2D eigenvalue weighted by Crippen LogP contribution is 2.38. The fourth-order valence-electron chi connectivity index (χ4n) is 3.07. The number of ether oxygens (including phenoxy) is 1. The van der Waals surface area contributed by atoms with E-state index in [0.29, 0.717) is 18.0 Å². The molecular weight excluding hydrogens is 433 g/mol. The van der Waals surface area contributed by atoms with Gasteiger partial charge in [0.1, 0.15) is 5.75 Å². The van der Waals surface area contributed by atoms with Crippen molar-refractivity contribution in [2.45, 2.75) is 31.5 Å². The molecule has 0 radical (unpaired) electrons. The molecule has 2 N–H and O–H groups in total. The summed E-state index contributed by atoms with van der Waals surface area (Å²) in [4.78, 5) is 11.1. The molecule has 0 atom stereocenters. The molecule has 4 nitrogen and oxygen atoms in total. The van der Waals surface area contributed by atoms with Crippen LogP contribution in [0.1, 0.15) is 28.8 Å². The van der Waals surface area contributed by atoms with Crippen LogP contribution in [0.2, 0.25) is 0 Å². The lowest BCUT2D eigenvalue weighted by atomic mass is 10.1. The number of carbonyl (C=O) groups is 1. The Morgan fingerprint density at radius 1 is 0.938 bits per heavy atom. The lowest BCUT2D eigenvalue weighted by Gasteiger charge is -2.19. The summed E-state index contributed by atoms with van der Waals surface area (Å²) in [6.45, 7) is 0.208. The summed E-state index contributed by atoms with van der Waals surface area (Å²) < 4.78 is 67.7. The average Bonchev–Trinajstić information content (AvgIpc) is 2.74. The first-order valence-electron chi connectivity index (χ1n) is 9.72. The fourth-order valence-corrected chi connectivity index (χ4v) is 3.07. The molecular formula is C23H20F5NO3. The number of fused-ring (bicyclic) bond motifs is 1. The molecule has 0 amide bonds. The Morgan fingerprint density at radius 2 is 1.66 bits per heavy atom. The minimum absolute atomic E-state index is 0.183. The molecule has 9 heteroatoms. The maximum Gasteiger partial charge on any atom is 0.453 e. The van der Waals surface area contributed by atoms with E-state index in [-0.39, 0.29) is 12.2 Å². The highest BCUT2D eigenvalue weighted by molar-refractivity contribution is 5.88. The first-order chi connectivity index (χ1) is 15.0. The average molecular weight is 453 g/mol. The maximum atomic E-state index is 12.9. The number of benzene rings is 3. The second kappa shape index (κ2) is 9.42. The molecule has 0 spiro atoms. The van der Waals surface area contributed by atoms with E-state index in [9.17, 15) is 26.7 Å². The Balaban J connectivity index is 1.57. The highest BCUT2D eigenvalue weighted by Gasteiger charge is 2.56. The van der Waals surface area contributed by atoms with Crippen LogP contribution in [0.4, 0.5) is 27.6 Å². The summed E-state index contributed by atoms with van der Waals surface area (Å²) in [6.07, 6.45) is -7.31. The molecule has 0 saturated carbocycles. The van der Waals surface area contributed by atoms with E-state index in [2.05, 4.69) is 5.32 Å². The van der Waals surface area contributed by atoms with Crippen LogP contribution in [-0.2, 0) is 6.54 Å². The van der Waals surface area contributed by atoms with Gasteiger partial charge in [-0.1, -0.05) is 24.3 Å². The van der Waals surface area contributed by atoms with Gasteiger partial charge in [-0.2, -0.15) is 22.0 Å². The second-order valence-electron chi connectivity index (χ2n) is 7.24. The van der Waals surface area contributed by atoms with Gasteiger partial charge in [0.25, 0.3) is 0 Å². The van der Waals surface area contributed by atoms with Crippen molar-refractivity contribution in [1.82, 2.24) is 0 Å². The van der Waals surface area contributed by atoms with E-state index in [1.54, 1.807) is 30.3 Å². The van der Waals surface area contributed by atoms with Crippen molar-refractivity contribution in [1.29, 1.82) is 0 Å². The number of hydrogen-bond donors (Lipinski definition) is 2. The number of rotatable bonds is 9. The monoisotopic (exact) mass is 453 g/mol. The van der Waals surface area contributed by atoms with Crippen molar-refractivity contribution in [3.05, 3.63) is 71.8 Å². The van der Waals surface area contributed by atoms with Gasteiger partial charge >= 0.3 is 18.1 Å². The second-order valence-corrected chi connectivity index (χ2v) is 7.24. The molecule has 3 rings (SSSR count). The third kappa shape index (κ3) is 5.87. The lowest BCUT2D eigenvalue weighted by molar-refractivity contribution is -0.284. The van der Waals surface area contributed by atoms with Gasteiger partial charge in [-0.25, -0.2) is 4.79 Å². The zero-order chi connectivity index (χ0) is 23.4. The molecule has 0 unspecified atom stereocenters. The van der Waals surface area contributed by atoms with Crippen LogP contribution in [-0.4, -0.2) is 29.8 Å². The molecule has 0 aliphatic heterocycles. The minimum atomic E-state index is -5.55. The highest BCUT2D eigenvalue weighted by atomic mass is 19.4. The van der Waals surface area contributed by atoms with E-state index in [0.717, 1.165) is 16.3 Å². The quantitative estimate of drug-likeness (QED) is 0.287. The Kier molecular flexibility index (Phi) is 6.86. The van der Waals surface area contributed by atoms with E-state index >= 15 is 0 Å². The molecule has 170 valence electrons. The summed E-state index contributed by atoms with van der Waals surface area (Å²) in [6, 6.07) is 17.2. The summed E-state index contributed by atoms with van der Waals surface area (Å²) in [5, 5.41) is 13.9. The number of carboxylic acid groups (broad SMARTS) is 1. The van der Waals surface area contributed by atoms with Gasteiger partial charge in [0.05, 0.1) is 12.2 Å². The van der Waals surface area contributed by atoms with Crippen LogP contribution in [0, 0.1) is 0 Å². The van der Waals surface area contributed by atoms with E-state index < -0.39 is 30.9 Å². The molecule has 0 fully saturated rings. The largest absolute Gasteiger partial charge is 0.494 e. The zero-order valence-corrected chi connectivity index (χ0v) is 16.8. The normalized spacial score (nSPS) is 12.0. The topological polar surface area (TPSA) is 58.6 Å². The molecule has 0 saturated heterocycles. The van der Waals surface area contributed by atoms with Gasteiger partial charge in [-0.3, -0.25) is 0 Å². The van der Waals surface area contributed by atoms with Gasteiger partial charge in [0.2, 0.25) is 0 Å². The van der Waals surface area contributed by atoms with Crippen molar-refractivity contribution >= 4 is 22.4 Å². The molecule has 0 aliphatic carbocycles. The third-order valence-corrected chi connectivity index (χ3v) is 4.80. The molecule has 0 aliphatic rings. The molecule has 32 heavy (non-hydrogen) atoms. The number of nitrogens with one attached hydrogen (secondary N) is 1. The predicted molar refractivity (Wildman–Crippen MR) is 110 cm³/mol. The number of halogens is 5. The third-order valence-electron chi connectivity index (χ3n) is 4.80. The maximum absolute atomic E-state index is 12.9. The van der Waals surface area contributed by atoms with Crippen LogP contribution in [0.3, 0.4) is 0 Å². The Morgan fingerprint density at radius 3 is 2.38 bits per heavy atom. The van der Waals surface area contributed by atoms with E-state index in [1.807, 2.05) is 18.2 Å². The number of aromatic carboxylic acids is 1. The Hall–Kier alpha value is -3.36. The smallest absolute Gasteiger partial charge is 0.453 e. The Bertz CT molecular complexity index is 1100. The van der Waals surface area contributed by atoms with Crippen molar-refractivity contribution in [3.63, 3.8) is 0 Å². The van der Waals surface area contributed by atoms with Crippen LogP contribution >= 0.6 is 0 Å². The summed E-state index contributed by atoms with van der Waals surface area (Å²) in [5.74, 6) is -5.35. The number of anilines is 1.